The van der Waals surface area contributed by atoms with Gasteiger partial charge in [0.2, 0.25) is 5.91 Å². The zero-order valence-electron chi connectivity index (χ0n) is 18.6. The third-order valence-electron chi connectivity index (χ3n) is 6.09. The number of rotatable bonds is 4. The summed E-state index contributed by atoms with van der Waals surface area (Å²) in [5.74, 6) is 0.600. The first kappa shape index (κ1) is 20.8. The molecule has 6 rings (SSSR count). The van der Waals surface area contributed by atoms with Crippen molar-refractivity contribution in [2.75, 3.05) is 5.32 Å². The van der Waals surface area contributed by atoms with Gasteiger partial charge in [0, 0.05) is 35.3 Å². The number of nitrogens with one attached hydrogen (secondary N) is 1. The number of carbonyl (C=O) groups is 1. The molecule has 7 heteroatoms. The predicted octanol–water partition coefficient (Wildman–Crippen LogP) is 4.52. The molecule has 1 N–H and O–H groups in total. The van der Waals surface area contributed by atoms with Gasteiger partial charge in [0.25, 0.3) is 5.56 Å². The van der Waals surface area contributed by atoms with Crippen LogP contribution in [0.3, 0.4) is 0 Å². The van der Waals surface area contributed by atoms with Crippen LogP contribution < -0.4 is 15.6 Å². The van der Waals surface area contributed by atoms with Crippen molar-refractivity contribution in [3.63, 3.8) is 0 Å². The molecular weight excluding hydrogens is 440 g/mol. The molecule has 0 atom stereocenters. The number of aromatic nitrogens is 3. The first-order chi connectivity index (χ1) is 17.2. The lowest BCUT2D eigenvalue weighted by Crippen LogP contribution is -2.19. The number of hydrogen-bond donors (Lipinski definition) is 1. The topological polar surface area (TPSA) is 86.1 Å². The molecule has 0 aliphatic carbocycles. The predicted molar refractivity (Wildman–Crippen MR) is 134 cm³/mol. The van der Waals surface area contributed by atoms with E-state index in [1.54, 1.807) is 12.3 Å². The van der Waals surface area contributed by atoms with Crippen molar-refractivity contribution in [1.29, 1.82) is 0 Å². The molecule has 170 valence electrons. The van der Waals surface area contributed by atoms with E-state index in [2.05, 4.69) is 15.3 Å². The highest BCUT2D eigenvalue weighted by atomic mass is 16.5. The third-order valence-corrected chi connectivity index (χ3v) is 6.09. The molecule has 1 aliphatic heterocycles. The van der Waals surface area contributed by atoms with E-state index in [0.29, 0.717) is 28.9 Å². The number of anilines is 1. The van der Waals surface area contributed by atoms with Crippen LogP contribution in [0.5, 0.6) is 5.75 Å². The van der Waals surface area contributed by atoms with Gasteiger partial charge < -0.3 is 10.1 Å². The van der Waals surface area contributed by atoms with E-state index in [1.807, 2.05) is 72.9 Å². The Kier molecular flexibility index (Phi) is 5.07. The van der Waals surface area contributed by atoms with E-state index in [4.69, 9.17) is 4.74 Å². The first-order valence-corrected chi connectivity index (χ1v) is 11.2. The third kappa shape index (κ3) is 3.93. The van der Waals surface area contributed by atoms with Gasteiger partial charge in [-0.2, -0.15) is 0 Å². The van der Waals surface area contributed by atoms with E-state index in [-0.39, 0.29) is 17.9 Å². The maximum Gasteiger partial charge on any atom is 0.265 e. The largest absolute Gasteiger partial charge is 0.488 e. The Hall–Kier alpha value is -4.78. The molecule has 2 aromatic heterocycles. The van der Waals surface area contributed by atoms with E-state index in [1.165, 1.54) is 10.9 Å². The molecule has 1 amide bonds. The Morgan fingerprint density at radius 1 is 1.00 bits per heavy atom. The van der Waals surface area contributed by atoms with Crippen molar-refractivity contribution in [3.8, 4) is 22.6 Å². The van der Waals surface area contributed by atoms with Gasteiger partial charge in [-0.3, -0.25) is 19.1 Å². The summed E-state index contributed by atoms with van der Waals surface area (Å²) in [6.07, 6.45) is 5.31. The fourth-order valence-corrected chi connectivity index (χ4v) is 4.32. The van der Waals surface area contributed by atoms with E-state index in [9.17, 15) is 9.59 Å². The van der Waals surface area contributed by atoms with Crippen LogP contribution in [-0.2, 0) is 17.8 Å². The minimum atomic E-state index is -0.136. The van der Waals surface area contributed by atoms with Crippen LogP contribution in [0, 0.1) is 0 Å². The molecule has 0 saturated heterocycles. The molecular formula is C28H20N4O3. The van der Waals surface area contributed by atoms with Gasteiger partial charge in [0.15, 0.2) is 0 Å². The van der Waals surface area contributed by atoms with Gasteiger partial charge >= 0.3 is 0 Å². The van der Waals surface area contributed by atoms with Crippen LogP contribution in [0.15, 0.2) is 96.3 Å². The van der Waals surface area contributed by atoms with Crippen LogP contribution in [0.2, 0.25) is 0 Å². The van der Waals surface area contributed by atoms with Crippen molar-refractivity contribution >= 4 is 22.5 Å². The van der Waals surface area contributed by atoms with Crippen LogP contribution in [0.1, 0.15) is 11.1 Å². The number of fused-ring (bicyclic) bond motifs is 4. The second kappa shape index (κ2) is 8.53. The summed E-state index contributed by atoms with van der Waals surface area (Å²) in [6.45, 7) is 0.454. The standard InChI is InChI=1S/C28H20N4O3/c33-27(31-20-7-10-23-22-11-12-29-15-19(22)16-35-26(23)14-20)13-18-5-8-21(9-6-18)32-17-30-25-4-2-1-3-24(25)28(32)34/h1-12,14-15,17H,13,16H2,(H,31,33). The van der Waals surface area contributed by atoms with Crippen LogP contribution in [0.25, 0.3) is 27.7 Å². The van der Waals surface area contributed by atoms with E-state index >= 15 is 0 Å². The number of pyridine rings is 1. The van der Waals surface area contributed by atoms with Crippen molar-refractivity contribution < 1.29 is 9.53 Å². The number of amides is 1. The minimum Gasteiger partial charge on any atom is -0.488 e. The molecule has 0 spiro atoms. The highest BCUT2D eigenvalue weighted by Crippen LogP contribution is 2.38. The van der Waals surface area contributed by atoms with E-state index < -0.39 is 0 Å². The van der Waals surface area contributed by atoms with Gasteiger partial charge in [0.1, 0.15) is 18.7 Å². The maximum absolute atomic E-state index is 12.8. The average Bonchev–Trinajstić information content (AvgIpc) is 2.89. The zero-order chi connectivity index (χ0) is 23.8. The van der Waals surface area contributed by atoms with E-state index in [0.717, 1.165) is 28.0 Å². The summed E-state index contributed by atoms with van der Waals surface area (Å²) in [4.78, 5) is 34.0. The lowest BCUT2D eigenvalue weighted by Gasteiger charge is -2.21. The minimum absolute atomic E-state index is 0.130. The molecule has 5 aromatic rings. The number of benzene rings is 3. The quantitative estimate of drug-likeness (QED) is 0.426. The van der Waals surface area contributed by atoms with Gasteiger partial charge in [-0.1, -0.05) is 24.3 Å². The first-order valence-electron chi connectivity index (χ1n) is 11.2. The van der Waals surface area contributed by atoms with Crippen LogP contribution in [0.4, 0.5) is 5.69 Å². The molecule has 3 aromatic carbocycles. The normalized spacial score (nSPS) is 11.9. The molecule has 0 unspecified atom stereocenters. The number of nitrogens with zero attached hydrogens (tertiary/aromatic N) is 3. The molecule has 0 fully saturated rings. The summed E-state index contributed by atoms with van der Waals surface area (Å²) in [5.41, 5.74) is 5.87. The Balaban J connectivity index is 1.17. The molecule has 35 heavy (non-hydrogen) atoms. The molecule has 0 saturated carbocycles. The van der Waals surface area contributed by atoms with Crippen molar-refractivity contribution in [1.82, 2.24) is 14.5 Å². The summed E-state index contributed by atoms with van der Waals surface area (Å²) < 4.78 is 7.37. The second-order valence-electron chi connectivity index (χ2n) is 8.36. The number of ether oxygens (including phenoxy) is 1. The van der Waals surface area contributed by atoms with Gasteiger partial charge in [-0.15, -0.1) is 0 Å². The second-order valence-corrected chi connectivity index (χ2v) is 8.36. The molecule has 0 radical (unpaired) electrons. The van der Waals surface area contributed by atoms with Gasteiger partial charge in [0.05, 0.1) is 23.0 Å². The summed E-state index contributed by atoms with van der Waals surface area (Å²) in [6, 6.07) is 22.2. The fourth-order valence-electron chi connectivity index (χ4n) is 4.32. The van der Waals surface area contributed by atoms with Crippen LogP contribution >= 0.6 is 0 Å². The molecule has 3 heterocycles. The smallest absolute Gasteiger partial charge is 0.265 e. The summed E-state index contributed by atoms with van der Waals surface area (Å²) >= 11 is 0. The highest BCUT2D eigenvalue weighted by molar-refractivity contribution is 5.93. The zero-order valence-corrected chi connectivity index (χ0v) is 18.6. The maximum atomic E-state index is 12.8. The lowest BCUT2D eigenvalue weighted by molar-refractivity contribution is -0.115. The Morgan fingerprint density at radius 3 is 2.74 bits per heavy atom. The molecule has 7 nitrogen and oxygen atoms in total. The van der Waals surface area contributed by atoms with Gasteiger partial charge in [-0.25, -0.2) is 4.98 Å². The molecule has 0 bridgehead atoms. The Labute approximate surface area is 200 Å². The van der Waals surface area contributed by atoms with Gasteiger partial charge in [-0.05, 0) is 53.6 Å². The summed E-state index contributed by atoms with van der Waals surface area (Å²) in [5, 5.41) is 3.51. The Bertz CT molecular complexity index is 1640. The van der Waals surface area contributed by atoms with Crippen molar-refractivity contribution in [2.45, 2.75) is 13.0 Å². The summed E-state index contributed by atoms with van der Waals surface area (Å²) in [7, 11) is 0. The number of para-hydroxylation sites is 1. The average molecular weight is 460 g/mol. The number of hydrogen-bond acceptors (Lipinski definition) is 5. The number of carbonyl (C=O) groups excluding carboxylic acids is 1. The van der Waals surface area contributed by atoms with Crippen molar-refractivity contribution in [3.05, 3.63) is 113 Å². The SMILES string of the molecule is O=C(Cc1ccc(-n2cnc3ccccc3c2=O)cc1)Nc1ccc2c(c1)OCc1cnccc1-2. The molecule has 1 aliphatic rings. The van der Waals surface area contributed by atoms with Crippen LogP contribution in [-0.4, -0.2) is 20.4 Å². The highest BCUT2D eigenvalue weighted by Gasteiger charge is 2.18. The van der Waals surface area contributed by atoms with Crippen molar-refractivity contribution in [2.24, 2.45) is 0 Å². The lowest BCUT2D eigenvalue weighted by atomic mass is 9.98. The fraction of sp³-hybridized carbons (Fsp3) is 0.0714. The Morgan fingerprint density at radius 2 is 1.86 bits per heavy atom. The monoisotopic (exact) mass is 460 g/mol.